The summed E-state index contributed by atoms with van der Waals surface area (Å²) in [6.45, 7) is 10.1. The maximum atomic E-state index is 12.0. The molecule has 1 rings (SSSR count). The highest BCUT2D eigenvalue weighted by atomic mass is 19.1. The fourth-order valence-electron chi connectivity index (χ4n) is 1.32. The Kier molecular flexibility index (Phi) is 3.96. The predicted octanol–water partition coefficient (Wildman–Crippen LogP) is 1.60. The van der Waals surface area contributed by atoms with Gasteiger partial charge in [-0.3, -0.25) is 9.29 Å². The zero-order valence-electron chi connectivity index (χ0n) is 7.84. The van der Waals surface area contributed by atoms with Gasteiger partial charge in [0.25, 0.3) is 0 Å². The van der Waals surface area contributed by atoms with Crippen molar-refractivity contribution in [3.63, 3.8) is 0 Å². The number of likely N-dealkylation sites (tertiary alicyclic amines) is 1. The molecule has 0 spiro atoms. The summed E-state index contributed by atoms with van der Waals surface area (Å²) in [4.78, 5) is 2.17. The first-order valence-electron chi connectivity index (χ1n) is 4.48. The molecule has 0 radical (unpaired) electrons. The Morgan fingerprint density at radius 1 is 1.62 bits per heavy atom. The highest BCUT2D eigenvalue weighted by Gasteiger charge is 2.25. The monoisotopic (exact) mass is 185 g/mol. The molecule has 0 aromatic heterocycles. The second-order valence-electron chi connectivity index (χ2n) is 3.30. The van der Waals surface area contributed by atoms with Gasteiger partial charge in [0.05, 0.1) is 6.67 Å². The lowest BCUT2D eigenvalue weighted by Gasteiger charge is -2.37. The third-order valence-electron chi connectivity index (χ3n) is 2.17. The molecule has 3 heteroatoms. The Hall–Kier alpha value is -0.830. The summed E-state index contributed by atoms with van der Waals surface area (Å²) in [5.74, 6) is 0.852. The van der Waals surface area contributed by atoms with Crippen molar-refractivity contribution in [2.24, 2.45) is 5.92 Å². The summed E-state index contributed by atoms with van der Waals surface area (Å²) < 4.78 is 17.2. The van der Waals surface area contributed by atoms with E-state index < -0.39 is 0 Å². The van der Waals surface area contributed by atoms with Gasteiger partial charge in [-0.1, -0.05) is 13.2 Å². The van der Waals surface area contributed by atoms with E-state index in [4.69, 9.17) is 4.74 Å². The second-order valence-corrected chi connectivity index (χ2v) is 3.30. The number of rotatable bonds is 6. The molecule has 0 aliphatic carbocycles. The van der Waals surface area contributed by atoms with Gasteiger partial charge < -0.3 is 4.74 Å². The first kappa shape index (κ1) is 10.3. The molecule has 0 saturated carbocycles. The summed E-state index contributed by atoms with van der Waals surface area (Å²) >= 11 is 0. The number of hydrogen-bond donors (Lipinski definition) is 0. The van der Waals surface area contributed by atoms with E-state index in [-0.39, 0.29) is 12.6 Å². The third-order valence-corrected chi connectivity index (χ3v) is 2.17. The van der Waals surface area contributed by atoms with E-state index >= 15 is 0 Å². The van der Waals surface area contributed by atoms with Crippen molar-refractivity contribution in [3.05, 3.63) is 25.0 Å². The van der Waals surface area contributed by atoms with Crippen molar-refractivity contribution in [2.45, 2.75) is 0 Å². The van der Waals surface area contributed by atoms with Gasteiger partial charge in [-0.05, 0) is 6.08 Å². The minimum atomic E-state index is -0.198. The molecule has 0 atom stereocenters. The highest BCUT2D eigenvalue weighted by Crippen LogP contribution is 2.14. The Morgan fingerprint density at radius 3 is 2.85 bits per heavy atom. The van der Waals surface area contributed by atoms with Gasteiger partial charge in [0.1, 0.15) is 12.4 Å². The maximum absolute atomic E-state index is 12.0. The fraction of sp³-hybridized carbons (Fsp3) is 0.600. The van der Waals surface area contributed by atoms with Gasteiger partial charge in [-0.2, -0.15) is 0 Å². The largest absolute Gasteiger partial charge is 0.493 e. The van der Waals surface area contributed by atoms with Crippen molar-refractivity contribution < 1.29 is 9.13 Å². The molecular weight excluding hydrogens is 169 g/mol. The number of allylic oxidation sites excluding steroid dienone is 1. The molecular formula is C10H16FNO. The molecule has 0 N–H and O–H groups in total. The predicted molar refractivity (Wildman–Crippen MR) is 51.2 cm³/mol. The molecule has 1 saturated heterocycles. The van der Waals surface area contributed by atoms with Crippen LogP contribution in [0.25, 0.3) is 0 Å². The molecule has 0 amide bonds. The van der Waals surface area contributed by atoms with Crippen LogP contribution in [-0.4, -0.2) is 37.8 Å². The number of nitrogens with zero attached hydrogens (tertiary/aromatic N) is 1. The molecule has 0 aromatic rings. The van der Waals surface area contributed by atoms with Crippen molar-refractivity contribution in [1.29, 1.82) is 0 Å². The quantitative estimate of drug-likeness (QED) is 0.460. The topological polar surface area (TPSA) is 12.5 Å². The number of alkyl halides is 1. The average molecular weight is 185 g/mol. The first-order chi connectivity index (χ1) is 6.26. The van der Waals surface area contributed by atoms with Crippen molar-refractivity contribution in [1.82, 2.24) is 4.90 Å². The van der Waals surface area contributed by atoms with Gasteiger partial charge in [0, 0.05) is 25.6 Å². The van der Waals surface area contributed by atoms with Crippen LogP contribution < -0.4 is 0 Å². The summed E-state index contributed by atoms with van der Waals surface area (Å²) in [5, 5.41) is 0. The Labute approximate surface area is 78.7 Å². The SMILES string of the molecule is C=CC(=C)OCCN1CC(CF)C1. The summed E-state index contributed by atoms with van der Waals surface area (Å²) in [5.41, 5.74) is 0. The average Bonchev–Trinajstić information content (AvgIpc) is 2.08. The number of ether oxygens (including phenoxy) is 1. The smallest absolute Gasteiger partial charge is 0.111 e. The maximum Gasteiger partial charge on any atom is 0.111 e. The summed E-state index contributed by atoms with van der Waals surface area (Å²) in [6, 6.07) is 0. The van der Waals surface area contributed by atoms with Crippen LogP contribution in [0.5, 0.6) is 0 Å². The minimum absolute atomic E-state index is 0.198. The van der Waals surface area contributed by atoms with Crippen molar-refractivity contribution >= 4 is 0 Å². The summed E-state index contributed by atoms with van der Waals surface area (Å²) in [6.07, 6.45) is 1.58. The molecule has 0 bridgehead atoms. The lowest BCUT2D eigenvalue weighted by Crippen LogP contribution is -2.48. The van der Waals surface area contributed by atoms with Crippen LogP contribution >= 0.6 is 0 Å². The van der Waals surface area contributed by atoms with Crippen LogP contribution in [0.2, 0.25) is 0 Å². The van der Waals surface area contributed by atoms with Crippen LogP contribution in [0.3, 0.4) is 0 Å². The van der Waals surface area contributed by atoms with Crippen LogP contribution in [0.15, 0.2) is 25.0 Å². The highest BCUT2D eigenvalue weighted by molar-refractivity contribution is 5.01. The Balaban J connectivity index is 1.96. The lowest BCUT2D eigenvalue weighted by atomic mass is 10.0. The molecule has 1 aliphatic rings. The Bertz CT molecular complexity index is 187. The lowest BCUT2D eigenvalue weighted by molar-refractivity contribution is 0.0569. The van der Waals surface area contributed by atoms with Gasteiger partial charge in [0.2, 0.25) is 0 Å². The number of hydrogen-bond acceptors (Lipinski definition) is 2. The van der Waals surface area contributed by atoms with E-state index in [0.29, 0.717) is 12.4 Å². The van der Waals surface area contributed by atoms with Gasteiger partial charge in [-0.15, -0.1) is 0 Å². The van der Waals surface area contributed by atoms with Gasteiger partial charge >= 0.3 is 0 Å². The molecule has 0 aromatic carbocycles. The van der Waals surface area contributed by atoms with Gasteiger partial charge in [0.15, 0.2) is 0 Å². The van der Waals surface area contributed by atoms with E-state index in [9.17, 15) is 4.39 Å². The zero-order chi connectivity index (χ0) is 9.68. The molecule has 2 nitrogen and oxygen atoms in total. The third kappa shape index (κ3) is 3.19. The van der Waals surface area contributed by atoms with Crippen LogP contribution in [0.1, 0.15) is 0 Å². The van der Waals surface area contributed by atoms with E-state index in [1.807, 2.05) is 0 Å². The minimum Gasteiger partial charge on any atom is -0.493 e. The molecule has 1 fully saturated rings. The standard InChI is InChI=1S/C10H16FNO/c1-3-9(2)13-5-4-12-7-10(6-11)8-12/h3,10H,1-2,4-8H2. The molecule has 1 heterocycles. The van der Waals surface area contributed by atoms with E-state index in [0.717, 1.165) is 19.6 Å². The van der Waals surface area contributed by atoms with E-state index in [1.165, 1.54) is 0 Å². The van der Waals surface area contributed by atoms with Gasteiger partial charge in [-0.25, -0.2) is 0 Å². The fourth-order valence-corrected chi connectivity index (χ4v) is 1.32. The molecule has 13 heavy (non-hydrogen) atoms. The Morgan fingerprint density at radius 2 is 2.31 bits per heavy atom. The van der Waals surface area contributed by atoms with Crippen molar-refractivity contribution in [2.75, 3.05) is 32.9 Å². The van der Waals surface area contributed by atoms with Crippen LogP contribution in [0, 0.1) is 5.92 Å². The summed E-state index contributed by atoms with van der Waals surface area (Å²) in [7, 11) is 0. The number of halogens is 1. The molecule has 0 unspecified atom stereocenters. The van der Waals surface area contributed by atoms with E-state index in [1.54, 1.807) is 6.08 Å². The normalized spacial score (nSPS) is 17.9. The van der Waals surface area contributed by atoms with Crippen LogP contribution in [0.4, 0.5) is 4.39 Å². The first-order valence-corrected chi connectivity index (χ1v) is 4.48. The second kappa shape index (κ2) is 5.02. The van der Waals surface area contributed by atoms with Crippen molar-refractivity contribution in [3.8, 4) is 0 Å². The van der Waals surface area contributed by atoms with E-state index in [2.05, 4.69) is 18.1 Å². The molecule has 74 valence electrons. The molecule has 1 aliphatic heterocycles. The van der Waals surface area contributed by atoms with Crippen LogP contribution in [-0.2, 0) is 4.74 Å². The zero-order valence-corrected chi connectivity index (χ0v) is 7.84.